The zero-order valence-electron chi connectivity index (χ0n) is 9.29. The van der Waals surface area contributed by atoms with Gasteiger partial charge in [0.2, 0.25) is 0 Å². The van der Waals surface area contributed by atoms with Gasteiger partial charge in [-0.3, -0.25) is 9.69 Å². The van der Waals surface area contributed by atoms with Crippen molar-refractivity contribution < 1.29 is 15.0 Å². The lowest BCUT2D eigenvalue weighted by Crippen LogP contribution is -2.44. The molecule has 14 heavy (non-hydrogen) atoms. The molecular weight excluding hydrogens is 182 g/mol. The normalized spacial score (nSPS) is 12.1. The van der Waals surface area contributed by atoms with Gasteiger partial charge in [0.15, 0.2) is 0 Å². The van der Waals surface area contributed by atoms with E-state index >= 15 is 0 Å². The summed E-state index contributed by atoms with van der Waals surface area (Å²) in [5.41, 5.74) is -0.131. The molecule has 0 saturated carbocycles. The molecule has 2 N–H and O–H groups in total. The number of aliphatic hydroxyl groups is 1. The zero-order chi connectivity index (χ0) is 11.2. The molecule has 0 bridgehead atoms. The first-order valence-corrected chi connectivity index (χ1v) is 4.95. The van der Waals surface area contributed by atoms with E-state index in [1.165, 1.54) is 0 Å². The van der Waals surface area contributed by atoms with Gasteiger partial charge in [0.05, 0.1) is 6.54 Å². The standard InChI is InChI=1S/C10H21NO3/c1-10(2,3)11(8-9(13)14)6-4-5-7-12/h12H,4-8H2,1-3H3,(H,13,14). The Morgan fingerprint density at radius 3 is 2.21 bits per heavy atom. The maximum Gasteiger partial charge on any atom is 0.317 e. The lowest BCUT2D eigenvalue weighted by molar-refractivity contribution is -0.139. The third kappa shape index (κ3) is 5.94. The number of carboxylic acids is 1. The smallest absolute Gasteiger partial charge is 0.317 e. The van der Waals surface area contributed by atoms with Crippen LogP contribution in [0.5, 0.6) is 0 Å². The fraction of sp³-hybridized carbons (Fsp3) is 0.900. The molecular formula is C10H21NO3. The van der Waals surface area contributed by atoms with Crippen molar-refractivity contribution in [3.05, 3.63) is 0 Å². The highest BCUT2D eigenvalue weighted by atomic mass is 16.4. The fourth-order valence-electron chi connectivity index (χ4n) is 1.23. The molecule has 0 aromatic heterocycles. The molecule has 0 radical (unpaired) electrons. The summed E-state index contributed by atoms with van der Waals surface area (Å²) < 4.78 is 0. The van der Waals surface area contributed by atoms with E-state index in [9.17, 15) is 4.79 Å². The Hall–Kier alpha value is -0.610. The summed E-state index contributed by atoms with van der Waals surface area (Å²) in [5.74, 6) is -0.802. The summed E-state index contributed by atoms with van der Waals surface area (Å²) >= 11 is 0. The molecule has 0 atom stereocenters. The Morgan fingerprint density at radius 1 is 1.29 bits per heavy atom. The molecule has 0 heterocycles. The minimum Gasteiger partial charge on any atom is -0.480 e. The molecule has 0 aliphatic heterocycles. The van der Waals surface area contributed by atoms with Crippen LogP contribution in [-0.4, -0.2) is 46.3 Å². The van der Waals surface area contributed by atoms with Crippen LogP contribution in [0.15, 0.2) is 0 Å². The minimum absolute atomic E-state index is 0.0644. The molecule has 84 valence electrons. The summed E-state index contributed by atoms with van der Waals surface area (Å²) in [4.78, 5) is 12.5. The van der Waals surface area contributed by atoms with Crippen LogP contribution in [0.25, 0.3) is 0 Å². The Morgan fingerprint density at radius 2 is 1.86 bits per heavy atom. The molecule has 4 nitrogen and oxygen atoms in total. The van der Waals surface area contributed by atoms with Crippen LogP contribution >= 0.6 is 0 Å². The topological polar surface area (TPSA) is 60.8 Å². The largest absolute Gasteiger partial charge is 0.480 e. The average Bonchev–Trinajstić information content (AvgIpc) is 2.00. The third-order valence-electron chi connectivity index (χ3n) is 2.11. The highest BCUT2D eigenvalue weighted by Crippen LogP contribution is 2.13. The van der Waals surface area contributed by atoms with Gasteiger partial charge < -0.3 is 10.2 Å². The van der Waals surface area contributed by atoms with E-state index < -0.39 is 5.97 Å². The van der Waals surface area contributed by atoms with Crippen molar-refractivity contribution in [2.75, 3.05) is 19.7 Å². The van der Waals surface area contributed by atoms with E-state index in [-0.39, 0.29) is 18.7 Å². The summed E-state index contributed by atoms with van der Waals surface area (Å²) in [7, 11) is 0. The first-order chi connectivity index (χ1) is 6.38. The first kappa shape index (κ1) is 13.4. The third-order valence-corrected chi connectivity index (χ3v) is 2.11. The van der Waals surface area contributed by atoms with E-state index in [1.54, 1.807) is 0 Å². The minimum atomic E-state index is -0.802. The van der Waals surface area contributed by atoms with Crippen LogP contribution in [0.2, 0.25) is 0 Å². The summed E-state index contributed by atoms with van der Waals surface area (Å²) in [6, 6.07) is 0. The van der Waals surface area contributed by atoms with Crippen LogP contribution in [0.3, 0.4) is 0 Å². The number of aliphatic carboxylic acids is 1. The highest BCUT2D eigenvalue weighted by molar-refractivity contribution is 5.69. The van der Waals surface area contributed by atoms with E-state index in [2.05, 4.69) is 0 Å². The van der Waals surface area contributed by atoms with Gasteiger partial charge in [0.1, 0.15) is 0 Å². The Kier molecular flexibility index (Phi) is 5.72. The van der Waals surface area contributed by atoms with Gasteiger partial charge in [-0.05, 0) is 40.2 Å². The predicted octanol–water partition coefficient (Wildman–Crippen LogP) is 0.944. The molecule has 0 spiro atoms. The number of carbonyl (C=O) groups is 1. The number of hydrogen-bond acceptors (Lipinski definition) is 3. The zero-order valence-corrected chi connectivity index (χ0v) is 9.29. The van der Waals surface area contributed by atoms with Crippen molar-refractivity contribution in [1.82, 2.24) is 4.90 Å². The number of rotatable bonds is 6. The Labute approximate surface area is 85.5 Å². The van der Waals surface area contributed by atoms with Gasteiger partial charge in [0, 0.05) is 12.1 Å². The number of unbranched alkanes of at least 4 members (excludes halogenated alkanes) is 1. The maximum absolute atomic E-state index is 10.6. The molecule has 0 saturated heterocycles. The molecule has 0 amide bonds. The van der Waals surface area contributed by atoms with Gasteiger partial charge in [0.25, 0.3) is 0 Å². The van der Waals surface area contributed by atoms with Crippen LogP contribution in [-0.2, 0) is 4.79 Å². The van der Waals surface area contributed by atoms with Crippen molar-refractivity contribution in [3.63, 3.8) is 0 Å². The second-order valence-electron chi connectivity index (χ2n) is 4.42. The second-order valence-corrected chi connectivity index (χ2v) is 4.42. The predicted molar refractivity (Wildman–Crippen MR) is 55.3 cm³/mol. The van der Waals surface area contributed by atoms with Crippen LogP contribution in [0.4, 0.5) is 0 Å². The molecule has 0 fully saturated rings. The number of carboxylic acid groups (broad SMARTS) is 1. The lowest BCUT2D eigenvalue weighted by atomic mass is 10.1. The fourth-order valence-corrected chi connectivity index (χ4v) is 1.23. The van der Waals surface area contributed by atoms with Crippen molar-refractivity contribution in [2.24, 2.45) is 0 Å². The Bertz CT molecular complexity index is 175. The van der Waals surface area contributed by atoms with Gasteiger partial charge in [-0.2, -0.15) is 0 Å². The van der Waals surface area contributed by atoms with Crippen LogP contribution in [0, 0.1) is 0 Å². The number of aliphatic hydroxyl groups excluding tert-OH is 1. The molecule has 0 unspecified atom stereocenters. The molecule has 0 rings (SSSR count). The number of nitrogens with zero attached hydrogens (tertiary/aromatic N) is 1. The first-order valence-electron chi connectivity index (χ1n) is 4.95. The summed E-state index contributed by atoms with van der Waals surface area (Å²) in [5, 5.41) is 17.3. The van der Waals surface area contributed by atoms with Crippen molar-refractivity contribution in [2.45, 2.75) is 39.2 Å². The Balaban J connectivity index is 4.05. The van der Waals surface area contributed by atoms with Gasteiger partial charge in [-0.15, -0.1) is 0 Å². The summed E-state index contributed by atoms with van der Waals surface area (Å²) in [6.07, 6.45) is 1.56. The van der Waals surface area contributed by atoms with E-state index in [4.69, 9.17) is 10.2 Å². The van der Waals surface area contributed by atoms with Crippen molar-refractivity contribution in [1.29, 1.82) is 0 Å². The van der Waals surface area contributed by atoms with Gasteiger partial charge >= 0.3 is 5.97 Å². The molecule has 4 heteroatoms. The molecule has 0 aromatic carbocycles. The van der Waals surface area contributed by atoms with E-state index in [0.29, 0.717) is 0 Å². The van der Waals surface area contributed by atoms with Crippen LogP contribution in [0.1, 0.15) is 33.6 Å². The highest BCUT2D eigenvalue weighted by Gasteiger charge is 2.22. The number of hydrogen-bond donors (Lipinski definition) is 2. The second kappa shape index (κ2) is 5.98. The molecule has 0 aliphatic rings. The average molecular weight is 203 g/mol. The quantitative estimate of drug-likeness (QED) is 0.631. The van der Waals surface area contributed by atoms with Crippen LogP contribution < -0.4 is 0 Å². The van der Waals surface area contributed by atoms with E-state index in [1.807, 2.05) is 25.7 Å². The van der Waals surface area contributed by atoms with Crippen molar-refractivity contribution >= 4 is 5.97 Å². The van der Waals surface area contributed by atoms with Gasteiger partial charge in [-0.1, -0.05) is 0 Å². The van der Waals surface area contributed by atoms with E-state index in [0.717, 1.165) is 19.4 Å². The SMILES string of the molecule is CC(C)(C)N(CCCCO)CC(=O)O. The maximum atomic E-state index is 10.6. The summed E-state index contributed by atoms with van der Waals surface area (Å²) in [6.45, 7) is 6.94. The van der Waals surface area contributed by atoms with Gasteiger partial charge in [-0.25, -0.2) is 0 Å². The lowest BCUT2D eigenvalue weighted by Gasteiger charge is -2.34. The van der Waals surface area contributed by atoms with Crippen molar-refractivity contribution in [3.8, 4) is 0 Å². The molecule has 0 aliphatic carbocycles. The monoisotopic (exact) mass is 203 g/mol. The molecule has 0 aromatic rings.